The molecular weight excluding hydrogens is 432 g/mol. The number of ether oxygens (including phenoxy) is 3. The number of carbonyl (C=O) groups excluding carboxylic acids is 1. The van der Waals surface area contributed by atoms with Gasteiger partial charge in [-0.05, 0) is 50.1 Å². The lowest BCUT2D eigenvalue weighted by Crippen LogP contribution is -2.32. The van der Waals surface area contributed by atoms with Gasteiger partial charge < -0.3 is 19.5 Å². The fourth-order valence-corrected chi connectivity index (χ4v) is 4.26. The van der Waals surface area contributed by atoms with Crippen LogP contribution in [0, 0.1) is 0 Å². The standard InChI is InChI=1S/C23H30N2O6S/c1-17(2)31-20-9-6-18(7-10-20)16-24-23(26)5-4-12-25(32(3,27)28)19-8-11-21-22(15-19)30-14-13-29-21/h6-11,15,17H,4-5,12-14,16H2,1-3H3,(H,24,26). The van der Waals surface area contributed by atoms with Crippen molar-refractivity contribution in [3.05, 3.63) is 48.0 Å². The molecule has 9 heteroatoms. The van der Waals surface area contributed by atoms with Crippen molar-refractivity contribution < 1.29 is 27.4 Å². The zero-order valence-electron chi connectivity index (χ0n) is 18.7. The van der Waals surface area contributed by atoms with Crippen molar-refractivity contribution in [3.8, 4) is 17.2 Å². The number of fused-ring (bicyclic) bond motifs is 1. The van der Waals surface area contributed by atoms with E-state index in [0.717, 1.165) is 17.6 Å². The fourth-order valence-electron chi connectivity index (χ4n) is 3.30. The summed E-state index contributed by atoms with van der Waals surface area (Å²) in [6.45, 7) is 5.40. The molecule has 174 valence electrons. The Morgan fingerprint density at radius 2 is 1.78 bits per heavy atom. The first-order chi connectivity index (χ1) is 15.2. The van der Waals surface area contributed by atoms with Crippen molar-refractivity contribution in [2.24, 2.45) is 0 Å². The molecule has 0 atom stereocenters. The number of rotatable bonds is 10. The Hall–Kier alpha value is -2.94. The average Bonchev–Trinajstić information content (AvgIpc) is 2.74. The molecule has 0 saturated carbocycles. The maximum Gasteiger partial charge on any atom is 0.232 e. The summed E-state index contributed by atoms with van der Waals surface area (Å²) in [6, 6.07) is 12.6. The highest BCUT2D eigenvalue weighted by atomic mass is 32.2. The van der Waals surface area contributed by atoms with E-state index in [2.05, 4.69) is 5.32 Å². The number of sulfonamides is 1. The Labute approximate surface area is 189 Å². The van der Waals surface area contributed by atoms with Gasteiger partial charge in [0.15, 0.2) is 11.5 Å². The van der Waals surface area contributed by atoms with E-state index in [4.69, 9.17) is 14.2 Å². The lowest BCUT2D eigenvalue weighted by atomic mass is 10.2. The highest BCUT2D eigenvalue weighted by Crippen LogP contribution is 2.34. The van der Waals surface area contributed by atoms with Gasteiger partial charge in [-0.3, -0.25) is 9.10 Å². The summed E-state index contributed by atoms with van der Waals surface area (Å²) in [6.07, 6.45) is 1.85. The normalized spacial score (nSPS) is 13.0. The highest BCUT2D eigenvalue weighted by molar-refractivity contribution is 7.92. The first-order valence-electron chi connectivity index (χ1n) is 10.6. The van der Waals surface area contributed by atoms with E-state index in [9.17, 15) is 13.2 Å². The summed E-state index contributed by atoms with van der Waals surface area (Å²) in [4.78, 5) is 12.2. The van der Waals surface area contributed by atoms with Crippen LogP contribution in [0.2, 0.25) is 0 Å². The second-order valence-electron chi connectivity index (χ2n) is 7.85. The van der Waals surface area contributed by atoms with Gasteiger partial charge in [-0.1, -0.05) is 12.1 Å². The molecule has 1 amide bonds. The largest absolute Gasteiger partial charge is 0.491 e. The van der Waals surface area contributed by atoms with Crippen LogP contribution in [0.25, 0.3) is 0 Å². The van der Waals surface area contributed by atoms with Gasteiger partial charge >= 0.3 is 0 Å². The first-order valence-corrected chi connectivity index (χ1v) is 12.5. The Morgan fingerprint density at radius 1 is 1.09 bits per heavy atom. The number of amides is 1. The maximum atomic E-state index is 12.3. The molecule has 0 aromatic heterocycles. The van der Waals surface area contributed by atoms with Crippen molar-refractivity contribution in [2.45, 2.75) is 39.3 Å². The molecule has 1 aliphatic heterocycles. The summed E-state index contributed by atoms with van der Waals surface area (Å²) >= 11 is 0. The van der Waals surface area contributed by atoms with E-state index in [1.54, 1.807) is 18.2 Å². The zero-order valence-corrected chi connectivity index (χ0v) is 19.5. The summed E-state index contributed by atoms with van der Waals surface area (Å²) in [5, 5.41) is 2.87. The Balaban J connectivity index is 1.51. The molecule has 1 aliphatic rings. The van der Waals surface area contributed by atoms with Crippen molar-refractivity contribution in [2.75, 3.05) is 30.3 Å². The van der Waals surface area contributed by atoms with Crippen LogP contribution in [-0.4, -0.2) is 46.4 Å². The first kappa shape index (κ1) is 23.7. The maximum absolute atomic E-state index is 12.3. The van der Waals surface area contributed by atoms with Gasteiger partial charge in [0.05, 0.1) is 18.0 Å². The number of hydrogen-bond acceptors (Lipinski definition) is 6. The summed E-state index contributed by atoms with van der Waals surface area (Å²) in [5.74, 6) is 1.76. The fraction of sp³-hybridized carbons (Fsp3) is 0.435. The molecule has 0 spiro atoms. The number of nitrogens with zero attached hydrogens (tertiary/aromatic N) is 1. The SMILES string of the molecule is CC(C)Oc1ccc(CNC(=O)CCCN(c2ccc3c(c2)OCCO3)S(C)(=O)=O)cc1. The van der Waals surface area contributed by atoms with E-state index < -0.39 is 10.0 Å². The average molecular weight is 463 g/mol. The van der Waals surface area contributed by atoms with Gasteiger partial charge in [-0.15, -0.1) is 0 Å². The molecule has 0 radical (unpaired) electrons. The number of anilines is 1. The summed E-state index contributed by atoms with van der Waals surface area (Å²) in [7, 11) is -3.52. The molecule has 32 heavy (non-hydrogen) atoms. The minimum Gasteiger partial charge on any atom is -0.491 e. The van der Waals surface area contributed by atoms with Crippen LogP contribution in [0.4, 0.5) is 5.69 Å². The van der Waals surface area contributed by atoms with Gasteiger partial charge in [0.2, 0.25) is 15.9 Å². The predicted molar refractivity (Wildman–Crippen MR) is 123 cm³/mol. The van der Waals surface area contributed by atoms with Gasteiger partial charge in [0, 0.05) is 25.6 Å². The van der Waals surface area contributed by atoms with Crippen molar-refractivity contribution in [3.63, 3.8) is 0 Å². The molecule has 0 fully saturated rings. The topological polar surface area (TPSA) is 94.2 Å². The molecule has 0 bridgehead atoms. The van der Waals surface area contributed by atoms with Crippen LogP contribution in [0.1, 0.15) is 32.3 Å². The molecule has 0 unspecified atom stereocenters. The van der Waals surface area contributed by atoms with Crippen LogP contribution in [0.3, 0.4) is 0 Å². The second kappa shape index (κ2) is 10.6. The minimum absolute atomic E-state index is 0.106. The molecule has 0 aliphatic carbocycles. The van der Waals surface area contributed by atoms with Crippen LogP contribution >= 0.6 is 0 Å². The highest BCUT2D eigenvalue weighted by Gasteiger charge is 2.21. The summed E-state index contributed by atoms with van der Waals surface area (Å²) in [5.41, 5.74) is 1.45. The van der Waals surface area contributed by atoms with Gasteiger partial charge in [-0.2, -0.15) is 0 Å². The smallest absolute Gasteiger partial charge is 0.232 e. The number of hydrogen-bond donors (Lipinski definition) is 1. The van der Waals surface area contributed by atoms with Crippen LogP contribution in [0.5, 0.6) is 17.2 Å². The van der Waals surface area contributed by atoms with E-state index in [0.29, 0.717) is 43.4 Å². The minimum atomic E-state index is -3.52. The molecule has 1 heterocycles. The van der Waals surface area contributed by atoms with Crippen LogP contribution in [0.15, 0.2) is 42.5 Å². The molecule has 1 N–H and O–H groups in total. The Morgan fingerprint density at radius 3 is 2.44 bits per heavy atom. The third-order valence-corrected chi connectivity index (χ3v) is 5.96. The van der Waals surface area contributed by atoms with Crippen molar-refractivity contribution in [1.29, 1.82) is 0 Å². The van der Waals surface area contributed by atoms with E-state index in [-0.39, 0.29) is 25.0 Å². The van der Waals surface area contributed by atoms with E-state index in [1.165, 1.54) is 4.31 Å². The lowest BCUT2D eigenvalue weighted by Gasteiger charge is -2.25. The number of benzene rings is 2. The molecule has 3 rings (SSSR count). The monoisotopic (exact) mass is 462 g/mol. The Kier molecular flexibility index (Phi) is 7.84. The van der Waals surface area contributed by atoms with Crippen LogP contribution < -0.4 is 23.8 Å². The predicted octanol–water partition coefficient (Wildman–Crippen LogP) is 3.11. The molecule has 0 saturated heterocycles. The third-order valence-electron chi connectivity index (χ3n) is 4.76. The van der Waals surface area contributed by atoms with Gasteiger partial charge in [0.25, 0.3) is 0 Å². The van der Waals surface area contributed by atoms with Gasteiger partial charge in [0.1, 0.15) is 19.0 Å². The van der Waals surface area contributed by atoms with Crippen molar-refractivity contribution in [1.82, 2.24) is 5.32 Å². The van der Waals surface area contributed by atoms with E-state index in [1.807, 2.05) is 38.1 Å². The van der Waals surface area contributed by atoms with Crippen LogP contribution in [-0.2, 0) is 21.4 Å². The number of carbonyl (C=O) groups is 1. The summed E-state index contributed by atoms with van der Waals surface area (Å²) < 4.78 is 42.6. The number of nitrogens with one attached hydrogen (secondary N) is 1. The van der Waals surface area contributed by atoms with Crippen molar-refractivity contribution >= 4 is 21.6 Å². The quantitative estimate of drug-likeness (QED) is 0.583. The lowest BCUT2D eigenvalue weighted by molar-refractivity contribution is -0.121. The molecular formula is C23H30N2O6S. The van der Waals surface area contributed by atoms with E-state index >= 15 is 0 Å². The molecule has 8 nitrogen and oxygen atoms in total. The molecule has 2 aromatic carbocycles. The Bertz CT molecular complexity index is 1020. The third kappa shape index (κ3) is 6.78. The zero-order chi connectivity index (χ0) is 23.1. The second-order valence-corrected chi connectivity index (χ2v) is 9.76. The molecule has 2 aromatic rings. The van der Waals surface area contributed by atoms with Gasteiger partial charge in [-0.25, -0.2) is 8.42 Å².